The molecule has 2 N–H and O–H groups in total. The van der Waals surface area contributed by atoms with Gasteiger partial charge in [0.15, 0.2) is 0 Å². The number of ether oxygens (including phenoxy) is 1. The number of fused-ring (bicyclic) bond motifs is 2. The quantitative estimate of drug-likeness (QED) is 0.762. The highest BCUT2D eigenvalue weighted by Crippen LogP contribution is 2.46. The molecule has 3 fully saturated rings. The minimum absolute atomic E-state index is 0.918. The van der Waals surface area contributed by atoms with Crippen LogP contribution in [0.25, 0.3) is 0 Å². The lowest BCUT2D eigenvalue weighted by atomic mass is 9.93. The van der Waals surface area contributed by atoms with E-state index < -0.39 is 11.9 Å². The van der Waals surface area contributed by atoms with E-state index in [0.29, 0.717) is 0 Å². The summed E-state index contributed by atoms with van der Waals surface area (Å²) in [6, 6.07) is 9.45. The first kappa shape index (κ1) is 20.6. The molecule has 1 aromatic carbocycles. The summed E-state index contributed by atoms with van der Waals surface area (Å²) in [5, 5.41) is 14.8. The standard InChI is InChI=1S/C19H28N2O.C2H2O4/c1-22-18-6-3-15(4-7-18)14-20-8-10-21(11-9-20)19-13-16-2-5-17(19)12-16;3-1(4)2(5)6/h3-4,6-7,16-17,19H,2,5,8-14H2,1H3;(H,3,4)(H,5,6). The number of rotatable bonds is 4. The summed E-state index contributed by atoms with van der Waals surface area (Å²) in [7, 11) is 1.73. The lowest BCUT2D eigenvalue weighted by Crippen LogP contribution is -2.51. The van der Waals surface area contributed by atoms with Crippen molar-refractivity contribution < 1.29 is 24.5 Å². The number of methoxy groups -OCH3 is 1. The molecule has 3 unspecified atom stereocenters. The zero-order chi connectivity index (χ0) is 20.1. The molecule has 28 heavy (non-hydrogen) atoms. The molecule has 1 heterocycles. The van der Waals surface area contributed by atoms with Crippen molar-refractivity contribution in [1.29, 1.82) is 0 Å². The second kappa shape index (κ2) is 9.39. The van der Waals surface area contributed by atoms with Crippen molar-refractivity contribution in [3.8, 4) is 5.75 Å². The average molecular weight is 390 g/mol. The van der Waals surface area contributed by atoms with Crippen LogP contribution in [0, 0.1) is 11.8 Å². The minimum atomic E-state index is -1.82. The Morgan fingerprint density at radius 1 is 1.00 bits per heavy atom. The number of hydrogen-bond donors (Lipinski definition) is 2. The molecule has 4 rings (SSSR count). The molecule has 2 saturated carbocycles. The fourth-order valence-electron chi connectivity index (χ4n) is 4.90. The predicted molar refractivity (Wildman–Crippen MR) is 104 cm³/mol. The second-order valence-corrected chi connectivity index (χ2v) is 8.01. The summed E-state index contributed by atoms with van der Waals surface area (Å²) in [5.74, 6) is -0.611. The molecule has 0 radical (unpaired) electrons. The molecule has 1 saturated heterocycles. The maximum absolute atomic E-state index is 9.10. The van der Waals surface area contributed by atoms with Crippen LogP contribution >= 0.6 is 0 Å². The van der Waals surface area contributed by atoms with Crippen molar-refractivity contribution in [2.24, 2.45) is 11.8 Å². The number of aliphatic carboxylic acids is 2. The third-order valence-electron chi connectivity index (χ3n) is 6.32. The Morgan fingerprint density at radius 2 is 1.64 bits per heavy atom. The van der Waals surface area contributed by atoms with E-state index in [0.717, 1.165) is 30.2 Å². The molecule has 3 atom stereocenters. The van der Waals surface area contributed by atoms with Gasteiger partial charge >= 0.3 is 11.9 Å². The molecule has 3 aliphatic rings. The number of carboxylic acids is 2. The molecular weight excluding hydrogens is 360 g/mol. The summed E-state index contributed by atoms with van der Waals surface area (Å²) < 4.78 is 5.23. The second-order valence-electron chi connectivity index (χ2n) is 8.01. The number of piperazine rings is 1. The number of benzene rings is 1. The van der Waals surface area contributed by atoms with Gasteiger partial charge in [0.05, 0.1) is 7.11 Å². The normalized spacial score (nSPS) is 27.1. The zero-order valence-corrected chi connectivity index (χ0v) is 16.4. The van der Waals surface area contributed by atoms with Crippen molar-refractivity contribution in [3.63, 3.8) is 0 Å². The SMILES string of the molecule is COc1ccc(CN2CCN(C3CC4CCC3C4)CC2)cc1.O=C(O)C(=O)O. The van der Waals surface area contributed by atoms with Gasteiger partial charge in [-0.3, -0.25) is 9.80 Å². The van der Waals surface area contributed by atoms with Gasteiger partial charge in [0.25, 0.3) is 0 Å². The van der Waals surface area contributed by atoms with E-state index in [1.807, 2.05) is 0 Å². The van der Waals surface area contributed by atoms with Crippen molar-refractivity contribution in [3.05, 3.63) is 29.8 Å². The molecule has 0 aromatic heterocycles. The van der Waals surface area contributed by atoms with Crippen LogP contribution < -0.4 is 4.74 Å². The lowest BCUT2D eigenvalue weighted by Gasteiger charge is -2.41. The van der Waals surface area contributed by atoms with Crippen molar-refractivity contribution in [2.75, 3.05) is 33.3 Å². The molecule has 2 bridgehead atoms. The van der Waals surface area contributed by atoms with Gasteiger partial charge in [0, 0.05) is 38.8 Å². The maximum Gasteiger partial charge on any atom is 0.414 e. The Morgan fingerprint density at radius 3 is 2.11 bits per heavy atom. The van der Waals surface area contributed by atoms with E-state index in [1.54, 1.807) is 7.11 Å². The summed E-state index contributed by atoms with van der Waals surface area (Å²) in [6.45, 7) is 6.06. The molecule has 1 aliphatic heterocycles. The zero-order valence-electron chi connectivity index (χ0n) is 16.4. The van der Waals surface area contributed by atoms with E-state index >= 15 is 0 Å². The fourth-order valence-corrected chi connectivity index (χ4v) is 4.90. The Labute approximate surface area is 165 Å². The summed E-state index contributed by atoms with van der Waals surface area (Å²) in [5.41, 5.74) is 1.40. The van der Waals surface area contributed by atoms with Gasteiger partial charge in [-0.05, 0) is 48.8 Å². The van der Waals surface area contributed by atoms with Crippen LogP contribution in [0.15, 0.2) is 24.3 Å². The molecule has 7 heteroatoms. The highest BCUT2D eigenvalue weighted by molar-refractivity contribution is 6.27. The largest absolute Gasteiger partial charge is 0.497 e. The fraction of sp³-hybridized carbons (Fsp3) is 0.619. The third kappa shape index (κ3) is 5.23. The maximum atomic E-state index is 9.10. The predicted octanol–water partition coefficient (Wildman–Crippen LogP) is 2.16. The molecule has 2 aliphatic carbocycles. The van der Waals surface area contributed by atoms with Crippen molar-refractivity contribution >= 4 is 11.9 Å². The van der Waals surface area contributed by atoms with Crippen LogP contribution in [0.1, 0.15) is 31.2 Å². The highest BCUT2D eigenvalue weighted by Gasteiger charge is 2.42. The Hall–Kier alpha value is -2.12. The molecule has 0 spiro atoms. The van der Waals surface area contributed by atoms with Gasteiger partial charge in [0.2, 0.25) is 0 Å². The third-order valence-corrected chi connectivity index (χ3v) is 6.32. The summed E-state index contributed by atoms with van der Waals surface area (Å²) in [4.78, 5) is 23.6. The van der Waals surface area contributed by atoms with Gasteiger partial charge in [-0.25, -0.2) is 9.59 Å². The number of nitrogens with zero attached hydrogens (tertiary/aromatic N) is 2. The topological polar surface area (TPSA) is 90.3 Å². The van der Waals surface area contributed by atoms with Crippen LogP contribution in [0.4, 0.5) is 0 Å². The number of carboxylic acid groups (broad SMARTS) is 2. The van der Waals surface area contributed by atoms with Crippen LogP contribution in [0.3, 0.4) is 0 Å². The van der Waals surface area contributed by atoms with Gasteiger partial charge in [-0.15, -0.1) is 0 Å². The minimum Gasteiger partial charge on any atom is -0.497 e. The van der Waals surface area contributed by atoms with Crippen LogP contribution in [0.2, 0.25) is 0 Å². The molecule has 154 valence electrons. The number of carbonyl (C=O) groups is 2. The smallest absolute Gasteiger partial charge is 0.414 e. The first-order chi connectivity index (χ1) is 13.5. The average Bonchev–Trinajstić information content (AvgIpc) is 3.33. The Bertz CT molecular complexity index is 658. The Kier molecular flexibility index (Phi) is 6.91. The molecule has 1 aromatic rings. The van der Waals surface area contributed by atoms with Crippen molar-refractivity contribution in [2.45, 2.75) is 38.3 Å². The van der Waals surface area contributed by atoms with Crippen molar-refractivity contribution in [1.82, 2.24) is 9.80 Å². The van der Waals surface area contributed by atoms with Crippen LogP contribution in [-0.2, 0) is 16.1 Å². The first-order valence-corrected chi connectivity index (χ1v) is 10.0. The van der Waals surface area contributed by atoms with Gasteiger partial charge < -0.3 is 14.9 Å². The molecule has 0 amide bonds. The van der Waals surface area contributed by atoms with E-state index in [4.69, 9.17) is 24.5 Å². The lowest BCUT2D eigenvalue weighted by molar-refractivity contribution is -0.159. The summed E-state index contributed by atoms with van der Waals surface area (Å²) >= 11 is 0. The van der Waals surface area contributed by atoms with E-state index in [2.05, 4.69) is 34.1 Å². The van der Waals surface area contributed by atoms with E-state index in [9.17, 15) is 0 Å². The van der Waals surface area contributed by atoms with Gasteiger partial charge in [-0.1, -0.05) is 18.6 Å². The molecule has 7 nitrogen and oxygen atoms in total. The molecular formula is C21H30N2O5. The Balaban J connectivity index is 0.000000330. The van der Waals surface area contributed by atoms with E-state index in [-0.39, 0.29) is 0 Å². The summed E-state index contributed by atoms with van der Waals surface area (Å²) in [6.07, 6.45) is 6.03. The van der Waals surface area contributed by atoms with Crippen LogP contribution in [-0.4, -0.2) is 71.3 Å². The first-order valence-electron chi connectivity index (χ1n) is 10.0. The van der Waals surface area contributed by atoms with Gasteiger partial charge in [-0.2, -0.15) is 0 Å². The van der Waals surface area contributed by atoms with E-state index in [1.165, 1.54) is 57.4 Å². The number of hydrogen-bond acceptors (Lipinski definition) is 5. The van der Waals surface area contributed by atoms with Gasteiger partial charge in [0.1, 0.15) is 5.75 Å². The highest BCUT2D eigenvalue weighted by atomic mass is 16.5. The van der Waals surface area contributed by atoms with Crippen LogP contribution in [0.5, 0.6) is 5.75 Å². The monoisotopic (exact) mass is 390 g/mol.